The van der Waals surface area contributed by atoms with E-state index in [0.717, 1.165) is 27.1 Å². The van der Waals surface area contributed by atoms with Crippen molar-refractivity contribution in [2.45, 2.75) is 12.7 Å². The molecule has 3 aromatic rings. The third-order valence-electron chi connectivity index (χ3n) is 3.95. The number of rotatable bonds is 6. The molecule has 28 heavy (non-hydrogen) atoms. The van der Waals surface area contributed by atoms with Crippen molar-refractivity contribution in [3.8, 4) is 0 Å². The van der Waals surface area contributed by atoms with Gasteiger partial charge in [-0.15, -0.1) is 0 Å². The van der Waals surface area contributed by atoms with Crippen LogP contribution in [0.1, 0.15) is 11.1 Å². The molecule has 4 nitrogen and oxygen atoms in total. The van der Waals surface area contributed by atoms with Crippen LogP contribution >= 0.6 is 15.9 Å². The van der Waals surface area contributed by atoms with Gasteiger partial charge in [-0.1, -0.05) is 34.1 Å². The maximum Gasteiger partial charge on any atom is 0.416 e. The molecule has 0 bridgehead atoms. The predicted octanol–water partition coefficient (Wildman–Crippen LogP) is 5.77. The van der Waals surface area contributed by atoms with Crippen molar-refractivity contribution in [3.05, 3.63) is 82.5 Å². The molecule has 0 fully saturated rings. The summed E-state index contributed by atoms with van der Waals surface area (Å²) < 4.78 is 40.0. The van der Waals surface area contributed by atoms with Crippen molar-refractivity contribution < 1.29 is 18.0 Å². The number of halogens is 4. The first-order valence-electron chi connectivity index (χ1n) is 8.23. The summed E-state index contributed by atoms with van der Waals surface area (Å²) in [5, 5.41) is 3.13. The second kappa shape index (κ2) is 8.43. The van der Waals surface area contributed by atoms with Crippen LogP contribution in [0, 0.1) is 0 Å². The number of amides is 1. The molecule has 144 valence electrons. The molecular formula is C20H15BrF3N3O. The van der Waals surface area contributed by atoms with Gasteiger partial charge in [0.05, 0.1) is 11.3 Å². The van der Waals surface area contributed by atoms with Crippen LogP contribution < -0.4 is 10.2 Å². The Morgan fingerprint density at radius 1 is 1.07 bits per heavy atom. The Kier molecular flexibility index (Phi) is 5.99. The molecule has 0 radical (unpaired) electrons. The van der Waals surface area contributed by atoms with E-state index in [1.807, 2.05) is 24.3 Å². The number of carbonyl (C=O) groups is 1. The van der Waals surface area contributed by atoms with Gasteiger partial charge in [-0.05, 0) is 48.0 Å². The van der Waals surface area contributed by atoms with Crippen LogP contribution in [0.2, 0.25) is 0 Å². The van der Waals surface area contributed by atoms with Crippen molar-refractivity contribution in [3.63, 3.8) is 0 Å². The molecule has 0 saturated carbocycles. The standard InChI is InChI=1S/C20H15BrF3N3O/c21-16-6-1-4-14(10-16)12-26-19-18(8-3-9-25-19)27(13-28)17-7-2-5-15(11-17)20(22,23)24/h1-11,13H,12H2,(H,25,26). The summed E-state index contributed by atoms with van der Waals surface area (Å²) in [5.74, 6) is 0.381. The largest absolute Gasteiger partial charge is 0.416 e. The first kappa shape index (κ1) is 19.9. The minimum absolute atomic E-state index is 0.100. The maximum atomic E-state index is 13.0. The third kappa shape index (κ3) is 4.69. The molecule has 8 heteroatoms. The lowest BCUT2D eigenvalue weighted by Crippen LogP contribution is -2.18. The van der Waals surface area contributed by atoms with E-state index in [1.54, 1.807) is 18.3 Å². The van der Waals surface area contributed by atoms with Gasteiger partial charge in [0.15, 0.2) is 5.82 Å². The molecule has 0 spiro atoms. The Bertz CT molecular complexity index is 979. The topological polar surface area (TPSA) is 45.2 Å². The predicted molar refractivity (Wildman–Crippen MR) is 105 cm³/mol. The molecular weight excluding hydrogens is 435 g/mol. The van der Waals surface area contributed by atoms with Gasteiger partial charge in [-0.25, -0.2) is 4.98 Å². The number of hydrogen-bond acceptors (Lipinski definition) is 3. The second-order valence-corrected chi connectivity index (χ2v) is 6.79. The average molecular weight is 450 g/mol. The van der Waals surface area contributed by atoms with E-state index in [2.05, 4.69) is 26.2 Å². The highest BCUT2D eigenvalue weighted by Gasteiger charge is 2.31. The number of alkyl halides is 3. The molecule has 0 aliphatic heterocycles. The molecule has 3 rings (SSSR count). The number of hydrogen-bond donors (Lipinski definition) is 1. The minimum Gasteiger partial charge on any atom is -0.364 e. The molecule has 1 N–H and O–H groups in total. The highest BCUT2D eigenvalue weighted by Crippen LogP contribution is 2.35. The lowest BCUT2D eigenvalue weighted by molar-refractivity contribution is -0.137. The van der Waals surface area contributed by atoms with Crippen molar-refractivity contribution in [1.29, 1.82) is 0 Å². The van der Waals surface area contributed by atoms with Crippen LogP contribution in [0.5, 0.6) is 0 Å². The summed E-state index contributed by atoms with van der Waals surface area (Å²) in [6, 6.07) is 15.5. The monoisotopic (exact) mass is 449 g/mol. The first-order valence-corrected chi connectivity index (χ1v) is 9.03. The Balaban J connectivity index is 1.91. The summed E-state index contributed by atoms with van der Waals surface area (Å²) in [6.07, 6.45) is -2.49. The normalized spacial score (nSPS) is 11.1. The molecule has 0 unspecified atom stereocenters. The van der Waals surface area contributed by atoms with E-state index < -0.39 is 11.7 Å². The highest BCUT2D eigenvalue weighted by molar-refractivity contribution is 9.10. The van der Waals surface area contributed by atoms with Gasteiger partial charge >= 0.3 is 6.18 Å². The van der Waals surface area contributed by atoms with Gasteiger partial charge in [0, 0.05) is 22.9 Å². The Hall–Kier alpha value is -2.87. The summed E-state index contributed by atoms with van der Waals surface area (Å²) in [6.45, 7) is 0.429. The average Bonchev–Trinajstić information content (AvgIpc) is 2.67. The van der Waals surface area contributed by atoms with E-state index in [0.29, 0.717) is 24.5 Å². The lowest BCUT2D eigenvalue weighted by Gasteiger charge is -2.21. The number of carbonyl (C=O) groups excluding carboxylic acids is 1. The molecule has 0 atom stereocenters. The molecule has 1 aromatic heterocycles. The zero-order chi connectivity index (χ0) is 20.1. The quantitative estimate of drug-likeness (QED) is 0.485. The fourth-order valence-electron chi connectivity index (χ4n) is 2.65. The van der Waals surface area contributed by atoms with Gasteiger partial charge in [0.25, 0.3) is 0 Å². The zero-order valence-electron chi connectivity index (χ0n) is 14.4. The first-order chi connectivity index (χ1) is 13.4. The van der Waals surface area contributed by atoms with Crippen molar-refractivity contribution in [1.82, 2.24) is 4.98 Å². The van der Waals surface area contributed by atoms with Crippen LogP contribution in [0.25, 0.3) is 0 Å². The van der Waals surface area contributed by atoms with Crippen molar-refractivity contribution in [2.75, 3.05) is 10.2 Å². The van der Waals surface area contributed by atoms with Gasteiger partial charge in [-0.2, -0.15) is 13.2 Å². The van der Waals surface area contributed by atoms with Gasteiger partial charge < -0.3 is 5.32 Å². The Morgan fingerprint density at radius 3 is 2.57 bits per heavy atom. The minimum atomic E-state index is -4.50. The molecule has 0 aliphatic rings. The maximum absolute atomic E-state index is 13.0. The van der Waals surface area contributed by atoms with Gasteiger partial charge in [-0.3, -0.25) is 9.69 Å². The number of pyridine rings is 1. The smallest absolute Gasteiger partial charge is 0.364 e. The van der Waals surface area contributed by atoms with Gasteiger partial charge in [0.2, 0.25) is 6.41 Å². The van der Waals surface area contributed by atoms with Crippen molar-refractivity contribution >= 4 is 39.5 Å². The third-order valence-corrected chi connectivity index (χ3v) is 4.45. The van der Waals surface area contributed by atoms with Crippen LogP contribution in [-0.4, -0.2) is 11.4 Å². The molecule has 1 amide bonds. The van der Waals surface area contributed by atoms with Crippen LogP contribution in [0.4, 0.5) is 30.4 Å². The molecule has 0 saturated heterocycles. The summed E-state index contributed by atoms with van der Waals surface area (Å²) >= 11 is 3.40. The summed E-state index contributed by atoms with van der Waals surface area (Å²) in [5.41, 5.74) is 0.599. The summed E-state index contributed by atoms with van der Waals surface area (Å²) in [7, 11) is 0. The van der Waals surface area contributed by atoms with E-state index in [9.17, 15) is 18.0 Å². The zero-order valence-corrected chi connectivity index (χ0v) is 16.0. The molecule has 1 heterocycles. The number of anilines is 3. The molecule has 0 aliphatic carbocycles. The number of aromatic nitrogens is 1. The Morgan fingerprint density at radius 2 is 1.86 bits per heavy atom. The van der Waals surface area contributed by atoms with Gasteiger partial charge in [0.1, 0.15) is 0 Å². The van der Waals surface area contributed by atoms with E-state index in [-0.39, 0.29) is 5.69 Å². The summed E-state index contributed by atoms with van der Waals surface area (Å²) in [4.78, 5) is 17.1. The van der Waals surface area contributed by atoms with Crippen molar-refractivity contribution in [2.24, 2.45) is 0 Å². The molecule has 2 aromatic carbocycles. The van der Waals surface area contributed by atoms with Crippen LogP contribution in [0.15, 0.2) is 71.3 Å². The van der Waals surface area contributed by atoms with Crippen LogP contribution in [-0.2, 0) is 17.5 Å². The lowest BCUT2D eigenvalue weighted by atomic mass is 10.1. The van der Waals surface area contributed by atoms with Crippen LogP contribution in [0.3, 0.4) is 0 Å². The highest BCUT2D eigenvalue weighted by atomic mass is 79.9. The number of nitrogens with zero attached hydrogens (tertiary/aromatic N) is 2. The second-order valence-electron chi connectivity index (χ2n) is 5.88. The fourth-order valence-corrected chi connectivity index (χ4v) is 3.10. The fraction of sp³-hybridized carbons (Fsp3) is 0.100. The van der Waals surface area contributed by atoms with E-state index in [4.69, 9.17) is 0 Å². The number of benzene rings is 2. The number of nitrogens with one attached hydrogen (secondary N) is 1. The van der Waals surface area contributed by atoms with E-state index >= 15 is 0 Å². The van der Waals surface area contributed by atoms with E-state index in [1.165, 1.54) is 12.1 Å². The Labute approximate surface area is 168 Å². The SMILES string of the molecule is O=CN(c1cccc(C(F)(F)F)c1)c1cccnc1NCc1cccc(Br)c1.